The van der Waals surface area contributed by atoms with Gasteiger partial charge in [0.25, 0.3) is 0 Å². The minimum atomic E-state index is -1.22. The zero-order valence-electron chi connectivity index (χ0n) is 8.54. The van der Waals surface area contributed by atoms with E-state index in [1.807, 2.05) is 45.0 Å². The highest BCUT2D eigenvalue weighted by molar-refractivity contribution is 6.39. The summed E-state index contributed by atoms with van der Waals surface area (Å²) < 4.78 is 0. The van der Waals surface area contributed by atoms with Gasteiger partial charge in [0.2, 0.25) is 0 Å². The van der Waals surface area contributed by atoms with Crippen LogP contribution in [0.1, 0.15) is 25.0 Å². The molecular formula is C10H15B2N. The van der Waals surface area contributed by atoms with Gasteiger partial charge in [0.15, 0.2) is 0 Å². The van der Waals surface area contributed by atoms with Crippen molar-refractivity contribution in [2.24, 2.45) is 5.73 Å². The first kappa shape index (κ1) is 12.3. The summed E-state index contributed by atoms with van der Waals surface area (Å²) in [4.78, 5) is 0. The van der Waals surface area contributed by atoms with Crippen LogP contribution in [0, 0.1) is 6.92 Å². The fourth-order valence-electron chi connectivity index (χ4n) is 0.914. The number of aryl methyl sites for hydroxylation is 1. The lowest BCUT2D eigenvalue weighted by molar-refractivity contribution is 0.910. The van der Waals surface area contributed by atoms with Crippen LogP contribution in [0.5, 0.6) is 0 Å². The van der Waals surface area contributed by atoms with Gasteiger partial charge < -0.3 is 5.73 Å². The van der Waals surface area contributed by atoms with Gasteiger partial charge in [-0.25, -0.2) is 0 Å². The van der Waals surface area contributed by atoms with Crippen molar-refractivity contribution in [3.8, 4) is 0 Å². The molecule has 1 aromatic carbocycles. The molecule has 3 heteroatoms. The molecule has 1 aromatic rings. The van der Waals surface area contributed by atoms with Gasteiger partial charge in [0.1, 0.15) is 0 Å². The summed E-state index contributed by atoms with van der Waals surface area (Å²) in [7, 11) is 11.0. The zero-order valence-corrected chi connectivity index (χ0v) is 8.54. The van der Waals surface area contributed by atoms with E-state index in [0.717, 1.165) is 11.1 Å². The van der Waals surface area contributed by atoms with Gasteiger partial charge in [-0.3, -0.25) is 0 Å². The molecule has 66 valence electrons. The van der Waals surface area contributed by atoms with Gasteiger partial charge in [-0.2, -0.15) is 0 Å². The topological polar surface area (TPSA) is 26.0 Å². The van der Waals surface area contributed by atoms with Gasteiger partial charge in [-0.1, -0.05) is 43.7 Å². The van der Waals surface area contributed by atoms with Crippen LogP contribution < -0.4 is 5.73 Å². The molecule has 0 aliphatic rings. The fourth-order valence-corrected chi connectivity index (χ4v) is 0.914. The Labute approximate surface area is 83.5 Å². The summed E-state index contributed by atoms with van der Waals surface area (Å²) in [6, 6.07) is 7.54. The Balaban J connectivity index is 0.000000671. The van der Waals surface area contributed by atoms with E-state index in [-0.39, 0.29) is 0 Å². The van der Waals surface area contributed by atoms with Gasteiger partial charge in [0, 0.05) is 0 Å². The number of hydrogen-bond acceptors (Lipinski definition) is 1. The summed E-state index contributed by atoms with van der Waals surface area (Å²) in [6.07, 6.45) is 0. The van der Waals surface area contributed by atoms with Crippen molar-refractivity contribution in [1.82, 2.24) is 0 Å². The second-order valence-electron chi connectivity index (χ2n) is 2.80. The standard InChI is InChI=1S/C8H9B2N.C2H6/c1-6-3-2-4-7(5-6)8(9,10)11;1-2/h2-5H,11H2,1H3;1-2H3. The Kier molecular flexibility index (Phi) is 4.86. The fraction of sp³-hybridized carbons (Fsp3) is 0.400. The molecule has 0 amide bonds. The average Bonchev–Trinajstić information content (AvgIpc) is 2.06. The maximum absolute atomic E-state index is 5.48. The molecule has 0 fully saturated rings. The normalized spacial score (nSPS) is 10.2. The highest BCUT2D eigenvalue weighted by Gasteiger charge is 2.11. The van der Waals surface area contributed by atoms with Gasteiger partial charge in [-0.15, -0.1) is 0 Å². The van der Waals surface area contributed by atoms with Gasteiger partial charge >= 0.3 is 0 Å². The predicted octanol–water partition coefficient (Wildman–Crippen LogP) is 1.43. The molecule has 1 nitrogen and oxygen atoms in total. The van der Waals surface area contributed by atoms with Crippen LogP contribution >= 0.6 is 0 Å². The number of rotatable bonds is 1. The van der Waals surface area contributed by atoms with Crippen LogP contribution in [0.4, 0.5) is 0 Å². The van der Waals surface area contributed by atoms with Crippen molar-refractivity contribution >= 4 is 15.7 Å². The van der Waals surface area contributed by atoms with Crippen molar-refractivity contribution in [3.63, 3.8) is 0 Å². The van der Waals surface area contributed by atoms with Crippen LogP contribution in [0.2, 0.25) is 0 Å². The third-order valence-electron chi connectivity index (χ3n) is 1.52. The molecule has 2 N–H and O–H groups in total. The Morgan fingerprint density at radius 2 is 1.77 bits per heavy atom. The van der Waals surface area contributed by atoms with Crippen LogP contribution in [-0.2, 0) is 5.34 Å². The van der Waals surface area contributed by atoms with E-state index in [4.69, 9.17) is 21.4 Å². The lowest BCUT2D eigenvalue weighted by Gasteiger charge is -2.20. The summed E-state index contributed by atoms with van der Waals surface area (Å²) in [5.41, 5.74) is 7.33. The van der Waals surface area contributed by atoms with Crippen molar-refractivity contribution < 1.29 is 0 Å². The second-order valence-corrected chi connectivity index (χ2v) is 2.80. The molecule has 0 heterocycles. The van der Waals surface area contributed by atoms with Crippen molar-refractivity contribution in [3.05, 3.63) is 35.4 Å². The van der Waals surface area contributed by atoms with Crippen molar-refractivity contribution in [1.29, 1.82) is 0 Å². The summed E-state index contributed by atoms with van der Waals surface area (Å²) in [5.74, 6) is 0. The molecule has 0 spiro atoms. The lowest BCUT2D eigenvalue weighted by atomic mass is 9.59. The molecule has 0 aliphatic heterocycles. The third-order valence-corrected chi connectivity index (χ3v) is 1.52. The lowest BCUT2D eigenvalue weighted by Crippen LogP contribution is -2.37. The van der Waals surface area contributed by atoms with Crippen LogP contribution in [0.25, 0.3) is 0 Å². The quantitative estimate of drug-likeness (QED) is 0.635. The highest BCUT2D eigenvalue weighted by atomic mass is 14.6. The first-order valence-electron chi connectivity index (χ1n) is 4.44. The molecule has 0 saturated carbocycles. The molecule has 13 heavy (non-hydrogen) atoms. The van der Waals surface area contributed by atoms with E-state index in [0.29, 0.717) is 0 Å². The van der Waals surface area contributed by atoms with Crippen LogP contribution in [-0.4, -0.2) is 15.7 Å². The summed E-state index contributed by atoms with van der Waals surface area (Å²) >= 11 is 0. The second kappa shape index (κ2) is 5.13. The molecule has 0 saturated heterocycles. The number of hydrogen-bond donors (Lipinski definition) is 1. The Hall–Kier alpha value is -0.690. The molecule has 4 radical (unpaired) electrons. The Morgan fingerprint density at radius 3 is 2.08 bits per heavy atom. The van der Waals surface area contributed by atoms with E-state index in [1.54, 1.807) is 0 Å². The Bertz CT molecular complexity index is 253. The maximum atomic E-state index is 5.48. The van der Waals surface area contributed by atoms with E-state index in [2.05, 4.69) is 0 Å². The molecule has 0 atom stereocenters. The maximum Gasteiger partial charge on any atom is 0.0880 e. The monoisotopic (exact) mass is 171 g/mol. The minimum Gasteiger partial charge on any atom is -0.337 e. The molecule has 0 aromatic heterocycles. The van der Waals surface area contributed by atoms with Gasteiger partial charge in [0.05, 0.1) is 15.7 Å². The van der Waals surface area contributed by atoms with E-state index < -0.39 is 5.34 Å². The molecular weight excluding hydrogens is 156 g/mol. The number of nitrogens with two attached hydrogens (primary N) is 1. The molecule has 0 unspecified atom stereocenters. The first-order chi connectivity index (χ1) is 6.00. The smallest absolute Gasteiger partial charge is 0.0880 e. The Morgan fingerprint density at radius 1 is 1.23 bits per heavy atom. The molecule has 0 aliphatic carbocycles. The van der Waals surface area contributed by atoms with Crippen LogP contribution in [0.3, 0.4) is 0 Å². The summed E-state index contributed by atoms with van der Waals surface area (Å²) in [6.45, 7) is 5.97. The van der Waals surface area contributed by atoms with E-state index >= 15 is 0 Å². The SMILES string of the molecule is CC.[B]C([B])(N)c1cccc(C)c1. The largest absolute Gasteiger partial charge is 0.337 e. The van der Waals surface area contributed by atoms with E-state index in [9.17, 15) is 0 Å². The van der Waals surface area contributed by atoms with Gasteiger partial charge in [-0.05, 0) is 17.8 Å². The van der Waals surface area contributed by atoms with E-state index in [1.165, 1.54) is 0 Å². The number of benzene rings is 1. The minimum absolute atomic E-state index is 0.748. The summed E-state index contributed by atoms with van der Waals surface area (Å²) in [5, 5.41) is -1.22. The highest BCUT2D eigenvalue weighted by Crippen LogP contribution is 2.11. The van der Waals surface area contributed by atoms with Crippen molar-refractivity contribution in [2.45, 2.75) is 26.1 Å². The van der Waals surface area contributed by atoms with Crippen molar-refractivity contribution in [2.75, 3.05) is 0 Å². The van der Waals surface area contributed by atoms with Crippen LogP contribution in [0.15, 0.2) is 24.3 Å². The molecule has 0 bridgehead atoms. The first-order valence-corrected chi connectivity index (χ1v) is 4.44. The third kappa shape index (κ3) is 4.18. The molecule has 1 rings (SSSR count). The zero-order chi connectivity index (χ0) is 10.5. The average molecular weight is 171 g/mol. The predicted molar refractivity (Wildman–Crippen MR) is 59.9 cm³/mol.